The first kappa shape index (κ1) is 21.9. The first-order valence-corrected chi connectivity index (χ1v) is 11.0. The predicted molar refractivity (Wildman–Crippen MR) is 122 cm³/mol. The molecule has 1 saturated carbocycles. The van der Waals surface area contributed by atoms with E-state index in [0.717, 1.165) is 43.2 Å². The van der Waals surface area contributed by atoms with Crippen LogP contribution in [0.1, 0.15) is 54.8 Å². The van der Waals surface area contributed by atoms with E-state index >= 15 is 0 Å². The molecule has 6 nitrogen and oxygen atoms in total. The molecule has 0 aromatic heterocycles. The van der Waals surface area contributed by atoms with E-state index in [1.54, 1.807) is 30.2 Å². The second kappa shape index (κ2) is 9.07. The zero-order valence-corrected chi connectivity index (χ0v) is 18.8. The van der Waals surface area contributed by atoms with E-state index in [9.17, 15) is 14.7 Å². The molecule has 1 aliphatic heterocycles. The fourth-order valence-corrected chi connectivity index (χ4v) is 4.89. The third kappa shape index (κ3) is 3.85. The van der Waals surface area contributed by atoms with E-state index in [0.29, 0.717) is 17.1 Å². The van der Waals surface area contributed by atoms with E-state index in [2.05, 4.69) is 0 Å². The Morgan fingerprint density at radius 2 is 1.75 bits per heavy atom. The lowest BCUT2D eigenvalue weighted by molar-refractivity contribution is -0.141. The number of aliphatic hydroxyl groups is 1. The molecule has 1 aliphatic carbocycles. The van der Waals surface area contributed by atoms with Crippen LogP contribution >= 0.6 is 0 Å². The van der Waals surface area contributed by atoms with E-state index in [4.69, 9.17) is 9.47 Å². The van der Waals surface area contributed by atoms with E-state index < -0.39 is 17.7 Å². The zero-order chi connectivity index (χ0) is 22.8. The number of benzene rings is 2. The van der Waals surface area contributed by atoms with Crippen molar-refractivity contribution in [1.82, 2.24) is 4.90 Å². The molecule has 4 rings (SSSR count). The van der Waals surface area contributed by atoms with Gasteiger partial charge >= 0.3 is 0 Å². The smallest absolute Gasteiger partial charge is 0.295 e. The minimum absolute atomic E-state index is 0.0197. The molecule has 1 amide bonds. The summed E-state index contributed by atoms with van der Waals surface area (Å²) in [6.07, 6.45) is 4.92. The van der Waals surface area contributed by atoms with Gasteiger partial charge in [-0.2, -0.15) is 0 Å². The molecule has 0 radical (unpaired) electrons. The highest BCUT2D eigenvalue weighted by atomic mass is 16.5. The molecule has 32 heavy (non-hydrogen) atoms. The molecule has 1 unspecified atom stereocenters. The number of rotatable bonds is 5. The van der Waals surface area contributed by atoms with Gasteiger partial charge < -0.3 is 19.5 Å². The molecule has 0 bridgehead atoms. The predicted octanol–water partition coefficient (Wildman–Crippen LogP) is 4.77. The molecule has 6 heteroatoms. The Balaban J connectivity index is 1.90. The lowest BCUT2D eigenvalue weighted by Crippen LogP contribution is -2.40. The summed E-state index contributed by atoms with van der Waals surface area (Å²) in [5, 5.41) is 11.4. The van der Waals surface area contributed by atoms with Gasteiger partial charge in [-0.25, -0.2) is 0 Å². The number of methoxy groups -OCH3 is 2. The largest absolute Gasteiger partial charge is 0.507 e. The molecule has 1 saturated heterocycles. The van der Waals surface area contributed by atoms with E-state index in [1.807, 2.05) is 31.2 Å². The van der Waals surface area contributed by atoms with Crippen LogP contribution in [0.15, 0.2) is 48.0 Å². The zero-order valence-electron chi connectivity index (χ0n) is 18.8. The van der Waals surface area contributed by atoms with Crippen molar-refractivity contribution in [3.05, 3.63) is 64.7 Å². The Labute approximate surface area is 188 Å². The fourth-order valence-electron chi connectivity index (χ4n) is 4.89. The van der Waals surface area contributed by atoms with Crippen molar-refractivity contribution in [2.75, 3.05) is 14.2 Å². The number of carbonyl (C=O) groups is 2. The third-order valence-corrected chi connectivity index (χ3v) is 6.47. The van der Waals surface area contributed by atoms with Crippen molar-refractivity contribution in [1.29, 1.82) is 0 Å². The SMILES string of the molecule is COc1ccc(/C(O)=C2/C(=O)C(=O)N(C3CCCCC3)C2c2cccc(C)c2)c(OC)c1. The van der Waals surface area contributed by atoms with Crippen LogP contribution in [0.4, 0.5) is 0 Å². The van der Waals surface area contributed by atoms with Crippen LogP contribution in [0.2, 0.25) is 0 Å². The molecule has 2 aromatic rings. The Morgan fingerprint density at radius 3 is 2.41 bits per heavy atom. The molecule has 2 aromatic carbocycles. The van der Waals surface area contributed by atoms with Crippen molar-refractivity contribution in [3.63, 3.8) is 0 Å². The van der Waals surface area contributed by atoms with Crippen molar-refractivity contribution in [3.8, 4) is 11.5 Å². The number of hydrogen-bond donors (Lipinski definition) is 1. The number of Topliss-reactive ketones (excluding diaryl/α,β-unsaturated/α-hetero) is 1. The Morgan fingerprint density at radius 1 is 1.00 bits per heavy atom. The van der Waals surface area contributed by atoms with Crippen molar-refractivity contribution < 1.29 is 24.2 Å². The molecule has 2 aliphatic rings. The summed E-state index contributed by atoms with van der Waals surface area (Å²) in [7, 11) is 3.03. The number of hydrogen-bond acceptors (Lipinski definition) is 5. The van der Waals surface area contributed by atoms with Crippen LogP contribution in [0, 0.1) is 6.92 Å². The molecule has 0 spiro atoms. The number of amides is 1. The summed E-state index contributed by atoms with van der Waals surface area (Å²) in [6, 6.07) is 12.1. The normalized spacial score (nSPS) is 21.1. The minimum atomic E-state index is -0.655. The summed E-state index contributed by atoms with van der Waals surface area (Å²) >= 11 is 0. The van der Waals surface area contributed by atoms with Crippen molar-refractivity contribution in [2.45, 2.75) is 51.1 Å². The number of carbonyl (C=O) groups excluding carboxylic acids is 2. The number of aliphatic hydroxyl groups excluding tert-OH is 1. The van der Waals surface area contributed by atoms with Gasteiger partial charge in [0.2, 0.25) is 0 Å². The van der Waals surface area contributed by atoms with Gasteiger partial charge in [0, 0.05) is 12.1 Å². The molecule has 2 fully saturated rings. The van der Waals surface area contributed by atoms with Crippen molar-refractivity contribution in [2.24, 2.45) is 0 Å². The minimum Gasteiger partial charge on any atom is -0.507 e. The second-order valence-electron chi connectivity index (χ2n) is 8.48. The molecular weight excluding hydrogens is 406 g/mol. The number of nitrogens with zero attached hydrogens (tertiary/aromatic N) is 1. The molecular formula is C26H29NO5. The van der Waals surface area contributed by atoms with Gasteiger partial charge in [-0.1, -0.05) is 49.1 Å². The van der Waals surface area contributed by atoms with Gasteiger partial charge in [0.25, 0.3) is 11.7 Å². The van der Waals surface area contributed by atoms with Crippen LogP contribution in [-0.4, -0.2) is 42.0 Å². The van der Waals surface area contributed by atoms with Gasteiger partial charge in [-0.15, -0.1) is 0 Å². The standard InChI is InChI=1S/C26H29NO5/c1-16-8-7-9-17(14-16)23-22(24(28)20-13-12-19(31-2)15-21(20)32-3)25(29)26(30)27(23)18-10-5-4-6-11-18/h7-9,12-15,18,23,28H,4-6,10-11H2,1-3H3/b24-22-. The van der Waals surface area contributed by atoms with E-state index in [1.165, 1.54) is 7.11 Å². The maximum atomic E-state index is 13.3. The molecule has 168 valence electrons. The maximum absolute atomic E-state index is 13.3. The topological polar surface area (TPSA) is 76.1 Å². The number of ether oxygens (including phenoxy) is 2. The highest BCUT2D eigenvalue weighted by molar-refractivity contribution is 6.46. The highest BCUT2D eigenvalue weighted by Crippen LogP contribution is 2.44. The summed E-state index contributed by atoms with van der Waals surface area (Å²) in [5.41, 5.74) is 2.31. The van der Waals surface area contributed by atoms with E-state index in [-0.39, 0.29) is 17.4 Å². The summed E-state index contributed by atoms with van der Waals surface area (Å²) in [6.45, 7) is 1.97. The summed E-state index contributed by atoms with van der Waals surface area (Å²) < 4.78 is 10.7. The van der Waals surface area contributed by atoms with Crippen LogP contribution in [0.3, 0.4) is 0 Å². The molecule has 1 N–H and O–H groups in total. The first-order chi connectivity index (χ1) is 15.5. The van der Waals surface area contributed by atoms with Gasteiger partial charge in [-0.05, 0) is 37.5 Å². The van der Waals surface area contributed by atoms with Gasteiger partial charge in [0.15, 0.2) is 0 Å². The van der Waals surface area contributed by atoms with Gasteiger partial charge in [0.1, 0.15) is 17.3 Å². The summed E-state index contributed by atoms with van der Waals surface area (Å²) in [5.74, 6) is -0.493. The highest BCUT2D eigenvalue weighted by Gasteiger charge is 2.49. The average Bonchev–Trinajstić information content (AvgIpc) is 3.09. The van der Waals surface area contributed by atoms with Crippen LogP contribution < -0.4 is 9.47 Å². The lowest BCUT2D eigenvalue weighted by Gasteiger charge is -2.35. The maximum Gasteiger partial charge on any atom is 0.295 e. The molecule has 1 heterocycles. The number of ketones is 1. The first-order valence-electron chi connectivity index (χ1n) is 11.0. The van der Waals surface area contributed by atoms with Crippen molar-refractivity contribution >= 4 is 17.4 Å². The number of aryl methyl sites for hydroxylation is 1. The Bertz CT molecular complexity index is 1070. The fraction of sp³-hybridized carbons (Fsp3) is 0.385. The Kier molecular flexibility index (Phi) is 6.21. The summed E-state index contributed by atoms with van der Waals surface area (Å²) in [4.78, 5) is 28.3. The number of likely N-dealkylation sites (tertiary alicyclic amines) is 1. The Hall–Kier alpha value is -3.28. The average molecular weight is 436 g/mol. The van der Waals surface area contributed by atoms with Crippen LogP contribution in [0.5, 0.6) is 11.5 Å². The molecule has 1 atom stereocenters. The monoisotopic (exact) mass is 435 g/mol. The third-order valence-electron chi connectivity index (χ3n) is 6.47. The second-order valence-corrected chi connectivity index (χ2v) is 8.48. The van der Waals surface area contributed by atoms with Crippen LogP contribution in [-0.2, 0) is 9.59 Å². The van der Waals surface area contributed by atoms with Gasteiger partial charge in [-0.3, -0.25) is 9.59 Å². The van der Waals surface area contributed by atoms with Crippen LogP contribution in [0.25, 0.3) is 5.76 Å². The van der Waals surface area contributed by atoms with Gasteiger partial charge in [0.05, 0.1) is 31.4 Å². The quantitative estimate of drug-likeness (QED) is 0.416. The lowest BCUT2D eigenvalue weighted by atomic mass is 9.90.